The molecule has 3 aromatic rings. The fraction of sp³-hybridized carbons (Fsp3) is 0.474. The zero-order chi connectivity index (χ0) is 37.5. The number of hydrogen-bond acceptors (Lipinski definition) is 9. The van der Waals surface area contributed by atoms with E-state index in [4.69, 9.17) is 4.74 Å². The highest BCUT2D eigenvalue weighted by Crippen LogP contribution is 2.28. The van der Waals surface area contributed by atoms with Crippen molar-refractivity contribution in [2.45, 2.75) is 98.1 Å². The van der Waals surface area contributed by atoms with E-state index < -0.39 is 41.0 Å². The molecule has 12 nitrogen and oxygen atoms in total. The van der Waals surface area contributed by atoms with E-state index in [0.717, 1.165) is 21.7 Å². The molecule has 2 heterocycles. The van der Waals surface area contributed by atoms with E-state index >= 15 is 0 Å². The minimum absolute atomic E-state index is 0.0378. The van der Waals surface area contributed by atoms with Crippen LogP contribution in [0.5, 0.6) is 0 Å². The third-order valence-corrected chi connectivity index (χ3v) is 9.33. The molecule has 1 saturated heterocycles. The summed E-state index contributed by atoms with van der Waals surface area (Å²) in [5.41, 5.74) is 3.95. The number of carbonyl (C=O) groups is 5. The first-order chi connectivity index (χ1) is 23.9. The first kappa shape index (κ1) is 39.2. The van der Waals surface area contributed by atoms with Crippen LogP contribution in [0.3, 0.4) is 0 Å². The molecule has 4 N–H and O–H groups in total. The Balaban J connectivity index is 1.34. The third kappa shape index (κ3) is 10.9. The molecule has 0 bridgehead atoms. The molecule has 1 unspecified atom stereocenters. The summed E-state index contributed by atoms with van der Waals surface area (Å²) >= 11 is 1.56. The van der Waals surface area contributed by atoms with Crippen LogP contribution in [-0.2, 0) is 25.7 Å². The van der Waals surface area contributed by atoms with Crippen molar-refractivity contribution >= 4 is 40.9 Å². The number of nitrogens with one attached hydrogen (secondary N) is 3. The summed E-state index contributed by atoms with van der Waals surface area (Å²) in [7, 11) is 0. The highest BCUT2D eigenvalue weighted by Gasteiger charge is 2.44. The molecule has 4 amide bonds. The topological polar surface area (TPSA) is 167 Å². The van der Waals surface area contributed by atoms with Gasteiger partial charge in [0.05, 0.1) is 22.2 Å². The van der Waals surface area contributed by atoms with Gasteiger partial charge in [-0.15, -0.1) is 11.3 Å². The summed E-state index contributed by atoms with van der Waals surface area (Å²) in [6, 6.07) is 11.9. The van der Waals surface area contributed by atoms with Gasteiger partial charge >= 0.3 is 5.97 Å². The van der Waals surface area contributed by atoms with Crippen molar-refractivity contribution in [2.24, 2.45) is 5.41 Å². The van der Waals surface area contributed by atoms with Crippen molar-refractivity contribution in [1.82, 2.24) is 25.8 Å². The number of nitrogens with zero attached hydrogens (tertiary/aromatic N) is 2. The fourth-order valence-electron chi connectivity index (χ4n) is 5.70. The summed E-state index contributed by atoms with van der Waals surface area (Å²) in [4.78, 5) is 72.0. The number of β-amino-alcohol motifs (C(OH)–C–C–N with tert-alkyl or cyclic N) is 1. The Hall–Kier alpha value is -4.62. The number of aliphatic hydroxyl groups excluding tert-OH is 1. The number of thiazole rings is 1. The molecule has 1 aromatic heterocycles. The van der Waals surface area contributed by atoms with Crippen LogP contribution in [0.4, 0.5) is 0 Å². The van der Waals surface area contributed by atoms with E-state index in [-0.39, 0.29) is 55.8 Å². The first-order valence-electron chi connectivity index (χ1n) is 17.1. The van der Waals surface area contributed by atoms with E-state index in [9.17, 15) is 29.1 Å². The molecule has 0 spiro atoms. The largest absolute Gasteiger partial charge is 0.460 e. The van der Waals surface area contributed by atoms with Crippen molar-refractivity contribution in [3.8, 4) is 10.4 Å². The second-order valence-corrected chi connectivity index (χ2v) is 15.7. The first-order valence-corrected chi connectivity index (χ1v) is 18.0. The SMILES string of the molecule is Cc1ncsc1-c1ccc(CNC(=O)[C@@H]2C[C@@H](O)CN2C(=O)C(NC(=O)c2ccc(C(=O)NCCCC(=O)OC(C)(C)C)cc2)C(C)(C)C)cc1. The summed E-state index contributed by atoms with van der Waals surface area (Å²) in [6.45, 7) is 13.3. The molecule has 4 rings (SSSR count). The lowest BCUT2D eigenvalue weighted by molar-refractivity contribution is -0.154. The Morgan fingerprint density at radius 1 is 0.941 bits per heavy atom. The number of aliphatic hydroxyl groups is 1. The number of amides is 4. The third-order valence-electron chi connectivity index (χ3n) is 8.35. The Bertz CT molecular complexity index is 1710. The number of aryl methyl sites for hydroxylation is 1. The molecule has 51 heavy (non-hydrogen) atoms. The number of benzene rings is 2. The van der Waals surface area contributed by atoms with E-state index in [1.165, 1.54) is 29.2 Å². The van der Waals surface area contributed by atoms with Crippen LogP contribution in [0, 0.1) is 12.3 Å². The maximum atomic E-state index is 14.0. The Morgan fingerprint density at radius 3 is 2.14 bits per heavy atom. The van der Waals surface area contributed by atoms with Crippen molar-refractivity contribution < 1.29 is 33.8 Å². The lowest BCUT2D eigenvalue weighted by Gasteiger charge is -2.35. The minimum atomic E-state index is -1.01. The zero-order valence-electron chi connectivity index (χ0n) is 30.4. The quantitative estimate of drug-likeness (QED) is 0.158. The number of hydrogen-bond donors (Lipinski definition) is 4. The van der Waals surface area contributed by atoms with Crippen molar-refractivity contribution in [3.63, 3.8) is 0 Å². The van der Waals surface area contributed by atoms with Gasteiger partial charge in [0, 0.05) is 43.6 Å². The Morgan fingerprint density at radius 2 is 1.57 bits per heavy atom. The van der Waals surface area contributed by atoms with Crippen LogP contribution >= 0.6 is 11.3 Å². The number of ether oxygens (including phenoxy) is 1. The van der Waals surface area contributed by atoms with Gasteiger partial charge in [-0.3, -0.25) is 24.0 Å². The molecule has 3 atom stereocenters. The fourth-order valence-corrected chi connectivity index (χ4v) is 6.51. The highest BCUT2D eigenvalue weighted by atomic mass is 32.1. The Labute approximate surface area is 303 Å². The molecule has 0 aliphatic carbocycles. The van der Waals surface area contributed by atoms with Crippen LogP contribution in [0.1, 0.15) is 92.8 Å². The predicted octanol–water partition coefficient (Wildman–Crippen LogP) is 4.39. The van der Waals surface area contributed by atoms with Crippen LogP contribution in [0.25, 0.3) is 10.4 Å². The normalized spacial score (nSPS) is 16.7. The summed E-state index contributed by atoms with van der Waals surface area (Å²) < 4.78 is 5.27. The van der Waals surface area contributed by atoms with E-state index in [1.807, 2.05) is 52.0 Å². The minimum Gasteiger partial charge on any atom is -0.460 e. The maximum Gasteiger partial charge on any atom is 0.306 e. The number of aromatic nitrogens is 1. The van der Waals surface area contributed by atoms with Gasteiger partial charge in [0.1, 0.15) is 17.7 Å². The molecular formula is C38H49N5O7S. The van der Waals surface area contributed by atoms with Gasteiger partial charge in [-0.1, -0.05) is 45.0 Å². The average Bonchev–Trinajstić information content (AvgIpc) is 3.68. The van der Waals surface area contributed by atoms with Gasteiger partial charge in [-0.25, -0.2) is 4.98 Å². The van der Waals surface area contributed by atoms with Crippen LogP contribution in [0.15, 0.2) is 54.0 Å². The van der Waals surface area contributed by atoms with Crippen molar-refractivity contribution in [3.05, 3.63) is 76.4 Å². The van der Waals surface area contributed by atoms with Crippen molar-refractivity contribution in [2.75, 3.05) is 13.1 Å². The van der Waals surface area contributed by atoms with Crippen LogP contribution in [-0.4, -0.2) is 81.5 Å². The van der Waals surface area contributed by atoms with Crippen molar-refractivity contribution in [1.29, 1.82) is 0 Å². The molecule has 2 aromatic carbocycles. The summed E-state index contributed by atoms with van der Waals surface area (Å²) in [5.74, 6) is -2.07. The maximum absolute atomic E-state index is 14.0. The molecule has 1 aliphatic rings. The number of likely N-dealkylation sites (tertiary alicyclic amines) is 1. The van der Waals surface area contributed by atoms with Crippen LogP contribution < -0.4 is 16.0 Å². The average molecular weight is 720 g/mol. The number of rotatable bonds is 12. The molecule has 0 radical (unpaired) electrons. The van der Waals surface area contributed by atoms with Crippen LogP contribution in [0.2, 0.25) is 0 Å². The molecular weight excluding hydrogens is 671 g/mol. The standard InChI is InChI=1S/C38H49N5O7S/c1-23-31(51-22-41-23)25-12-10-24(11-13-25)20-40-35(48)29-19-28(44)21-43(29)36(49)32(37(2,3)4)42-34(47)27-16-14-26(15-17-27)33(46)39-18-8-9-30(45)50-38(5,6)7/h10-17,22,28-29,32,44H,8-9,18-21H2,1-7H3,(H,39,46)(H,40,48)(H,42,47)/t28-,29+,32?/m1/s1. The molecule has 274 valence electrons. The van der Waals surface area contributed by atoms with Gasteiger partial charge in [0.2, 0.25) is 11.8 Å². The van der Waals surface area contributed by atoms with Gasteiger partial charge in [-0.05, 0) is 74.9 Å². The molecule has 0 saturated carbocycles. The van der Waals surface area contributed by atoms with Gasteiger partial charge in [-0.2, -0.15) is 0 Å². The number of carbonyl (C=O) groups excluding carboxylic acids is 5. The van der Waals surface area contributed by atoms with Gasteiger partial charge < -0.3 is 30.7 Å². The summed E-state index contributed by atoms with van der Waals surface area (Å²) in [5, 5.41) is 19.0. The molecule has 1 fully saturated rings. The van der Waals surface area contributed by atoms with E-state index in [0.29, 0.717) is 12.0 Å². The number of esters is 1. The zero-order valence-corrected chi connectivity index (χ0v) is 31.2. The second-order valence-electron chi connectivity index (χ2n) is 14.9. The monoisotopic (exact) mass is 719 g/mol. The lowest BCUT2D eigenvalue weighted by atomic mass is 9.85. The smallest absolute Gasteiger partial charge is 0.306 e. The summed E-state index contributed by atoms with van der Waals surface area (Å²) in [6.07, 6.45) is -0.215. The van der Waals surface area contributed by atoms with E-state index in [2.05, 4.69) is 20.9 Å². The lowest BCUT2D eigenvalue weighted by Crippen LogP contribution is -2.57. The van der Waals surface area contributed by atoms with Gasteiger partial charge in [0.15, 0.2) is 0 Å². The van der Waals surface area contributed by atoms with E-state index in [1.54, 1.807) is 37.6 Å². The predicted molar refractivity (Wildman–Crippen MR) is 195 cm³/mol. The highest BCUT2D eigenvalue weighted by molar-refractivity contribution is 7.13. The Kier molecular flexibility index (Phi) is 12.7. The molecule has 13 heteroatoms. The van der Waals surface area contributed by atoms with Gasteiger partial charge in [0.25, 0.3) is 11.8 Å². The second kappa shape index (κ2) is 16.6. The molecule has 1 aliphatic heterocycles.